The summed E-state index contributed by atoms with van der Waals surface area (Å²) in [5, 5.41) is 11.9. The molecule has 23 heavy (non-hydrogen) atoms. The maximum absolute atomic E-state index is 11.7. The predicted molar refractivity (Wildman–Crippen MR) is 90.1 cm³/mol. The molecule has 0 saturated carbocycles. The Hall–Kier alpha value is -2.25. The second kappa shape index (κ2) is 7.34. The number of nitrogens with zero attached hydrogens (tertiary/aromatic N) is 2. The Morgan fingerprint density at radius 3 is 2.43 bits per heavy atom. The second-order valence-electron chi connectivity index (χ2n) is 5.07. The van der Waals surface area contributed by atoms with Gasteiger partial charge >= 0.3 is 0 Å². The van der Waals surface area contributed by atoms with Crippen molar-refractivity contribution in [2.45, 2.75) is 27.3 Å². The number of amides is 1. The van der Waals surface area contributed by atoms with E-state index in [4.69, 9.17) is 0 Å². The number of ketones is 1. The summed E-state index contributed by atoms with van der Waals surface area (Å²) in [5.41, 5.74) is 2.22. The van der Waals surface area contributed by atoms with Gasteiger partial charge in [0.25, 0.3) is 0 Å². The van der Waals surface area contributed by atoms with Gasteiger partial charge in [-0.1, -0.05) is 11.3 Å². The van der Waals surface area contributed by atoms with E-state index in [0.717, 1.165) is 5.69 Å². The molecule has 0 bridgehead atoms. The first-order chi connectivity index (χ1) is 10.9. The molecular weight excluding hydrogens is 314 g/mol. The maximum Gasteiger partial charge on any atom is 0.221 e. The predicted octanol–water partition coefficient (Wildman–Crippen LogP) is 2.24. The van der Waals surface area contributed by atoms with Crippen molar-refractivity contribution in [3.8, 4) is 0 Å². The minimum Gasteiger partial charge on any atom is -0.395 e. The highest BCUT2D eigenvalue weighted by Gasteiger charge is 2.13. The highest BCUT2D eigenvalue weighted by Crippen LogP contribution is 2.18. The Morgan fingerprint density at radius 1 is 1.26 bits per heavy atom. The van der Waals surface area contributed by atoms with Gasteiger partial charge in [0.15, 0.2) is 10.6 Å². The average Bonchev–Trinajstić information content (AvgIpc) is 2.78. The van der Waals surface area contributed by atoms with Gasteiger partial charge in [0, 0.05) is 31.8 Å². The number of Topliss-reactive ketones (excluding diaryl/α,β-unsaturated/α-hetero) is 1. The molecule has 0 saturated heterocycles. The molecule has 2 rings (SSSR count). The highest BCUT2D eigenvalue weighted by molar-refractivity contribution is 7.11. The number of thiazole rings is 1. The minimum atomic E-state index is -0.129. The fourth-order valence-corrected chi connectivity index (χ4v) is 3.27. The van der Waals surface area contributed by atoms with Crippen LogP contribution >= 0.6 is 11.3 Å². The molecule has 0 aliphatic carbocycles. The van der Waals surface area contributed by atoms with Crippen molar-refractivity contribution in [2.24, 2.45) is 4.99 Å². The van der Waals surface area contributed by atoms with Gasteiger partial charge in [0.1, 0.15) is 0 Å². The van der Waals surface area contributed by atoms with Crippen LogP contribution in [-0.4, -0.2) is 28.0 Å². The van der Waals surface area contributed by atoms with Crippen LogP contribution in [-0.2, 0) is 11.3 Å². The first-order valence-electron chi connectivity index (χ1n) is 7.16. The molecule has 0 aliphatic heterocycles. The normalized spacial score (nSPS) is 11.6. The zero-order valence-electron chi connectivity index (χ0n) is 13.3. The third kappa shape index (κ3) is 4.14. The topological polar surface area (TPSA) is 83.7 Å². The van der Waals surface area contributed by atoms with Crippen LogP contribution in [0.25, 0.3) is 0 Å². The van der Waals surface area contributed by atoms with E-state index in [1.165, 1.54) is 25.2 Å². The summed E-state index contributed by atoms with van der Waals surface area (Å²) in [6.45, 7) is 5.19. The van der Waals surface area contributed by atoms with Crippen LogP contribution in [0.15, 0.2) is 29.3 Å². The van der Waals surface area contributed by atoms with Crippen LogP contribution in [0.1, 0.15) is 29.2 Å². The lowest BCUT2D eigenvalue weighted by molar-refractivity contribution is -0.114. The third-order valence-corrected chi connectivity index (χ3v) is 4.49. The van der Waals surface area contributed by atoms with E-state index in [9.17, 15) is 14.7 Å². The number of aromatic nitrogens is 1. The summed E-state index contributed by atoms with van der Waals surface area (Å²) in [6, 6.07) is 7.11. The van der Waals surface area contributed by atoms with E-state index in [1.54, 1.807) is 24.3 Å². The Balaban J connectivity index is 2.43. The smallest absolute Gasteiger partial charge is 0.221 e. The van der Waals surface area contributed by atoms with E-state index in [2.05, 4.69) is 10.3 Å². The molecule has 122 valence electrons. The van der Waals surface area contributed by atoms with E-state index in [-0.39, 0.29) is 18.3 Å². The van der Waals surface area contributed by atoms with E-state index in [0.29, 0.717) is 27.6 Å². The molecule has 6 nitrogen and oxygen atoms in total. The van der Waals surface area contributed by atoms with Crippen molar-refractivity contribution in [1.82, 2.24) is 4.57 Å². The van der Waals surface area contributed by atoms with Crippen LogP contribution < -0.4 is 10.1 Å². The van der Waals surface area contributed by atoms with E-state index in [1.807, 2.05) is 11.5 Å². The molecule has 1 heterocycles. The molecule has 2 aromatic rings. The first kappa shape index (κ1) is 17.1. The van der Waals surface area contributed by atoms with Crippen molar-refractivity contribution in [3.63, 3.8) is 0 Å². The van der Waals surface area contributed by atoms with Crippen LogP contribution in [0.2, 0.25) is 0 Å². The second-order valence-corrected chi connectivity index (χ2v) is 6.05. The molecule has 0 radical (unpaired) electrons. The number of aliphatic hydroxyl groups is 1. The molecule has 0 aliphatic rings. The van der Waals surface area contributed by atoms with Crippen LogP contribution in [0.5, 0.6) is 0 Å². The fraction of sp³-hybridized carbons (Fsp3) is 0.312. The third-order valence-electron chi connectivity index (χ3n) is 3.21. The summed E-state index contributed by atoms with van der Waals surface area (Å²) < 4.78 is 1.84. The van der Waals surface area contributed by atoms with Gasteiger partial charge in [-0.05, 0) is 31.2 Å². The number of rotatable bonds is 5. The molecule has 2 N–H and O–H groups in total. The summed E-state index contributed by atoms with van der Waals surface area (Å²) in [6.07, 6.45) is 0. The number of benzene rings is 1. The Kier molecular flexibility index (Phi) is 5.46. The van der Waals surface area contributed by atoms with Crippen molar-refractivity contribution in [2.75, 3.05) is 11.9 Å². The quantitative estimate of drug-likeness (QED) is 0.823. The SMILES string of the molecule is CC(=O)Nc1ccc(/N=c2\sc(C(C)=O)c(C)n2CCO)cc1. The monoisotopic (exact) mass is 333 g/mol. The molecule has 1 amide bonds. The van der Waals surface area contributed by atoms with Gasteiger partial charge in [-0.15, -0.1) is 0 Å². The van der Waals surface area contributed by atoms with Crippen molar-refractivity contribution < 1.29 is 14.7 Å². The first-order valence-corrected chi connectivity index (χ1v) is 7.98. The summed E-state index contributed by atoms with van der Waals surface area (Å²) in [5.74, 6) is -0.142. The molecule has 1 aromatic heterocycles. The number of carbonyl (C=O) groups is 2. The zero-order valence-corrected chi connectivity index (χ0v) is 14.1. The molecule has 1 aromatic carbocycles. The van der Waals surface area contributed by atoms with Crippen molar-refractivity contribution >= 4 is 34.4 Å². The number of hydrogen-bond acceptors (Lipinski definition) is 5. The molecular formula is C16H19N3O3S. The van der Waals surface area contributed by atoms with E-state index < -0.39 is 0 Å². The van der Waals surface area contributed by atoms with Gasteiger partial charge in [0.05, 0.1) is 17.2 Å². The fourth-order valence-electron chi connectivity index (χ4n) is 2.19. The minimum absolute atomic E-state index is 0.0124. The lowest BCUT2D eigenvalue weighted by atomic mass is 10.3. The largest absolute Gasteiger partial charge is 0.395 e. The van der Waals surface area contributed by atoms with Gasteiger partial charge < -0.3 is 15.0 Å². The highest BCUT2D eigenvalue weighted by atomic mass is 32.1. The van der Waals surface area contributed by atoms with E-state index >= 15 is 0 Å². The molecule has 0 unspecified atom stereocenters. The standard InChI is InChI=1S/C16H19N3O3S/c1-10-15(11(2)21)23-16(19(10)8-9-20)18-14-6-4-13(5-7-14)17-12(3)22/h4-7,20H,8-9H2,1-3H3,(H,17,22)/b18-16-. The summed E-state index contributed by atoms with van der Waals surface area (Å²) in [4.78, 5) is 28.6. The maximum atomic E-state index is 11.7. The van der Waals surface area contributed by atoms with Crippen molar-refractivity contribution in [1.29, 1.82) is 0 Å². The summed E-state index contributed by atoms with van der Waals surface area (Å²) in [7, 11) is 0. The average molecular weight is 333 g/mol. The molecule has 0 fully saturated rings. The number of anilines is 1. The Labute approximate surface area is 138 Å². The Morgan fingerprint density at radius 2 is 1.91 bits per heavy atom. The number of nitrogens with one attached hydrogen (secondary N) is 1. The van der Waals surface area contributed by atoms with Gasteiger partial charge in [-0.3, -0.25) is 9.59 Å². The number of aliphatic hydroxyl groups excluding tert-OH is 1. The number of carbonyl (C=O) groups excluding carboxylic acids is 2. The lowest BCUT2D eigenvalue weighted by Crippen LogP contribution is -2.18. The lowest BCUT2D eigenvalue weighted by Gasteiger charge is -2.04. The number of hydrogen-bond donors (Lipinski definition) is 2. The van der Waals surface area contributed by atoms with Crippen LogP contribution in [0, 0.1) is 6.92 Å². The molecule has 0 atom stereocenters. The van der Waals surface area contributed by atoms with Crippen LogP contribution in [0.3, 0.4) is 0 Å². The van der Waals surface area contributed by atoms with Gasteiger partial charge in [-0.2, -0.15) is 0 Å². The van der Waals surface area contributed by atoms with Crippen LogP contribution in [0.4, 0.5) is 11.4 Å². The molecule has 7 heteroatoms. The summed E-state index contributed by atoms with van der Waals surface area (Å²) >= 11 is 1.31. The zero-order chi connectivity index (χ0) is 17.0. The van der Waals surface area contributed by atoms with Gasteiger partial charge in [-0.25, -0.2) is 4.99 Å². The molecule has 0 spiro atoms. The Bertz CT molecular complexity index is 788. The van der Waals surface area contributed by atoms with Gasteiger partial charge in [0.2, 0.25) is 5.91 Å². The van der Waals surface area contributed by atoms with Crippen molar-refractivity contribution in [3.05, 3.63) is 39.6 Å².